The number of rotatable bonds is 9. The molecule has 3 heterocycles. The third kappa shape index (κ3) is 5.50. The first-order chi connectivity index (χ1) is 17.2. The number of sulfonamides is 1. The molecule has 0 spiro atoms. The number of esters is 1. The average Bonchev–Trinajstić information content (AvgIpc) is 3.26. The molecule has 188 valence electrons. The number of halogens is 1. The van der Waals surface area contributed by atoms with Crippen LogP contribution in [0.1, 0.15) is 31.2 Å². The summed E-state index contributed by atoms with van der Waals surface area (Å²) in [6.07, 6.45) is 3.37. The highest BCUT2D eigenvalue weighted by Gasteiger charge is 2.29. The van der Waals surface area contributed by atoms with Crippen LogP contribution < -0.4 is 4.31 Å². The Labute approximate surface area is 214 Å². The SMILES string of the molecule is CCCCOC(=O)CN(c1ccc2c(ccn2-c2ccc(C)nn2)c1)S(=O)(=O)c1cc(C)nc(Cl)c1. The quantitative estimate of drug-likeness (QED) is 0.177. The Bertz CT molecular complexity index is 1480. The Morgan fingerprint density at radius 1 is 1.06 bits per heavy atom. The number of nitrogens with zero attached hydrogens (tertiary/aromatic N) is 5. The average molecular weight is 528 g/mol. The Kier molecular flexibility index (Phi) is 7.56. The summed E-state index contributed by atoms with van der Waals surface area (Å²) >= 11 is 6.05. The molecule has 0 amide bonds. The van der Waals surface area contributed by atoms with E-state index in [2.05, 4.69) is 15.2 Å². The van der Waals surface area contributed by atoms with Crippen LogP contribution in [-0.2, 0) is 19.6 Å². The molecule has 3 aromatic heterocycles. The van der Waals surface area contributed by atoms with Crippen LogP contribution in [0.2, 0.25) is 5.15 Å². The van der Waals surface area contributed by atoms with Crippen molar-refractivity contribution in [3.05, 3.63) is 71.3 Å². The molecule has 9 nitrogen and oxygen atoms in total. The second-order valence-electron chi connectivity index (χ2n) is 8.31. The minimum Gasteiger partial charge on any atom is -0.464 e. The molecule has 4 rings (SSSR count). The molecule has 0 radical (unpaired) electrons. The Hall–Kier alpha value is -3.50. The highest BCUT2D eigenvalue weighted by Crippen LogP contribution is 2.30. The van der Waals surface area contributed by atoms with Crippen LogP contribution in [0.25, 0.3) is 16.7 Å². The molecule has 0 N–H and O–H groups in total. The first kappa shape index (κ1) is 25.6. The van der Waals surface area contributed by atoms with E-state index < -0.39 is 22.5 Å². The summed E-state index contributed by atoms with van der Waals surface area (Å²) in [5.74, 6) is -0.00858. The lowest BCUT2D eigenvalue weighted by Crippen LogP contribution is -2.36. The van der Waals surface area contributed by atoms with Gasteiger partial charge in [0.15, 0.2) is 5.82 Å². The maximum atomic E-state index is 13.7. The van der Waals surface area contributed by atoms with E-state index in [9.17, 15) is 13.2 Å². The molecule has 0 aliphatic carbocycles. The largest absolute Gasteiger partial charge is 0.464 e. The lowest BCUT2D eigenvalue weighted by Gasteiger charge is -2.24. The predicted octanol–water partition coefficient (Wildman–Crippen LogP) is 4.62. The molecule has 0 unspecified atom stereocenters. The number of ether oxygens (including phenoxy) is 1. The van der Waals surface area contributed by atoms with Crippen molar-refractivity contribution in [2.24, 2.45) is 0 Å². The second-order valence-corrected chi connectivity index (χ2v) is 10.6. The monoisotopic (exact) mass is 527 g/mol. The van der Waals surface area contributed by atoms with Gasteiger partial charge in [0, 0.05) is 17.3 Å². The molecule has 0 bridgehead atoms. The van der Waals surface area contributed by atoms with E-state index in [0.29, 0.717) is 23.6 Å². The molecule has 0 fully saturated rings. The van der Waals surface area contributed by atoms with Gasteiger partial charge in [-0.3, -0.25) is 13.7 Å². The van der Waals surface area contributed by atoms with Crippen LogP contribution in [0, 0.1) is 13.8 Å². The number of pyridine rings is 1. The number of anilines is 1. The van der Waals surface area contributed by atoms with Gasteiger partial charge >= 0.3 is 5.97 Å². The molecular weight excluding hydrogens is 502 g/mol. The predicted molar refractivity (Wildman–Crippen MR) is 138 cm³/mol. The Morgan fingerprint density at radius 3 is 2.56 bits per heavy atom. The summed E-state index contributed by atoms with van der Waals surface area (Å²) in [6, 6.07) is 13.4. The van der Waals surface area contributed by atoms with Crippen LogP contribution in [0.3, 0.4) is 0 Å². The molecule has 0 aliphatic heterocycles. The van der Waals surface area contributed by atoms with Crippen molar-refractivity contribution in [1.29, 1.82) is 0 Å². The summed E-state index contributed by atoms with van der Waals surface area (Å²) in [5.41, 5.74) is 2.37. The Morgan fingerprint density at radius 2 is 1.86 bits per heavy atom. The molecule has 4 aromatic rings. The van der Waals surface area contributed by atoms with Crippen molar-refractivity contribution in [2.75, 3.05) is 17.5 Å². The third-order valence-corrected chi connectivity index (χ3v) is 7.45. The van der Waals surface area contributed by atoms with Gasteiger partial charge in [0.2, 0.25) is 0 Å². The number of aryl methyl sites for hydroxylation is 2. The van der Waals surface area contributed by atoms with E-state index in [0.717, 1.165) is 27.3 Å². The molecule has 36 heavy (non-hydrogen) atoms. The van der Waals surface area contributed by atoms with Crippen LogP contribution in [-0.4, -0.2) is 47.3 Å². The van der Waals surface area contributed by atoms with Gasteiger partial charge in [-0.2, -0.15) is 5.10 Å². The number of aromatic nitrogens is 4. The van der Waals surface area contributed by atoms with Gasteiger partial charge in [-0.25, -0.2) is 13.4 Å². The van der Waals surface area contributed by atoms with Gasteiger partial charge in [-0.05, 0) is 68.8 Å². The number of carbonyl (C=O) groups is 1. The van der Waals surface area contributed by atoms with E-state index in [4.69, 9.17) is 16.3 Å². The first-order valence-corrected chi connectivity index (χ1v) is 13.2. The standard InChI is InChI=1S/C25H26ClN5O4S/c1-4-5-12-35-25(32)16-31(36(33,34)21-13-18(3)27-23(26)15-21)20-7-8-22-19(14-20)10-11-30(22)24-9-6-17(2)28-29-24/h6-11,13-15H,4-5,12,16H2,1-3H3. The van der Waals surface area contributed by atoms with Crippen LogP contribution in [0.15, 0.2) is 59.6 Å². The number of hydrogen-bond donors (Lipinski definition) is 0. The van der Waals surface area contributed by atoms with E-state index in [-0.39, 0.29) is 16.7 Å². The third-order valence-electron chi connectivity index (χ3n) is 5.51. The molecule has 0 aliphatic rings. The zero-order valence-electron chi connectivity index (χ0n) is 20.2. The highest BCUT2D eigenvalue weighted by atomic mass is 35.5. The molecule has 0 saturated carbocycles. The van der Waals surface area contributed by atoms with E-state index in [1.807, 2.05) is 42.8 Å². The topological polar surface area (TPSA) is 107 Å². The van der Waals surface area contributed by atoms with Crippen LogP contribution >= 0.6 is 11.6 Å². The van der Waals surface area contributed by atoms with Gasteiger partial charge in [-0.15, -0.1) is 5.10 Å². The van der Waals surface area contributed by atoms with E-state index in [1.54, 1.807) is 25.1 Å². The first-order valence-electron chi connectivity index (χ1n) is 11.4. The maximum Gasteiger partial charge on any atom is 0.326 e. The fourth-order valence-corrected chi connectivity index (χ4v) is 5.50. The summed E-state index contributed by atoms with van der Waals surface area (Å²) in [6.45, 7) is 5.22. The Balaban J connectivity index is 1.76. The zero-order valence-corrected chi connectivity index (χ0v) is 21.8. The van der Waals surface area contributed by atoms with Crippen molar-refractivity contribution < 1.29 is 17.9 Å². The second kappa shape index (κ2) is 10.6. The van der Waals surface area contributed by atoms with Gasteiger partial charge < -0.3 is 4.74 Å². The van der Waals surface area contributed by atoms with Gasteiger partial charge in [0.05, 0.1) is 28.4 Å². The van der Waals surface area contributed by atoms with Gasteiger partial charge in [0.25, 0.3) is 10.0 Å². The van der Waals surface area contributed by atoms with Crippen molar-refractivity contribution >= 4 is 44.2 Å². The number of carbonyl (C=O) groups excluding carboxylic acids is 1. The summed E-state index contributed by atoms with van der Waals surface area (Å²) in [5, 5.41) is 9.14. The van der Waals surface area contributed by atoms with Crippen molar-refractivity contribution in [1.82, 2.24) is 19.7 Å². The number of fused-ring (bicyclic) bond motifs is 1. The molecule has 11 heteroatoms. The number of benzene rings is 1. The summed E-state index contributed by atoms with van der Waals surface area (Å²) < 4.78 is 35.6. The van der Waals surface area contributed by atoms with Crippen molar-refractivity contribution in [2.45, 2.75) is 38.5 Å². The summed E-state index contributed by atoms with van der Waals surface area (Å²) in [7, 11) is -4.16. The minimum absolute atomic E-state index is 0.0470. The van der Waals surface area contributed by atoms with E-state index >= 15 is 0 Å². The van der Waals surface area contributed by atoms with Crippen molar-refractivity contribution in [3.63, 3.8) is 0 Å². The number of unbranched alkanes of at least 4 members (excludes halogenated alkanes) is 1. The fourth-order valence-electron chi connectivity index (χ4n) is 3.69. The molecular formula is C25H26ClN5O4S. The van der Waals surface area contributed by atoms with Crippen LogP contribution in [0.4, 0.5) is 5.69 Å². The fraction of sp³-hybridized carbons (Fsp3) is 0.280. The highest BCUT2D eigenvalue weighted by molar-refractivity contribution is 7.92. The molecule has 1 aromatic carbocycles. The van der Waals surface area contributed by atoms with Gasteiger partial charge in [0.1, 0.15) is 11.7 Å². The van der Waals surface area contributed by atoms with Crippen molar-refractivity contribution in [3.8, 4) is 5.82 Å². The lowest BCUT2D eigenvalue weighted by atomic mass is 10.2. The lowest BCUT2D eigenvalue weighted by molar-refractivity contribution is -0.141. The van der Waals surface area contributed by atoms with Crippen LogP contribution in [0.5, 0.6) is 0 Å². The van der Waals surface area contributed by atoms with Gasteiger partial charge in [-0.1, -0.05) is 24.9 Å². The number of hydrogen-bond acceptors (Lipinski definition) is 7. The molecule has 0 atom stereocenters. The maximum absolute atomic E-state index is 13.7. The smallest absolute Gasteiger partial charge is 0.326 e. The zero-order chi connectivity index (χ0) is 25.9. The normalized spacial score (nSPS) is 11.6. The minimum atomic E-state index is -4.16. The molecule has 0 saturated heterocycles. The summed E-state index contributed by atoms with van der Waals surface area (Å²) in [4.78, 5) is 16.6. The van der Waals surface area contributed by atoms with E-state index in [1.165, 1.54) is 12.1 Å².